The Balaban J connectivity index is 2.19. The Labute approximate surface area is 127 Å². The van der Waals surface area contributed by atoms with Crippen LogP contribution in [0.15, 0.2) is 48.5 Å². The van der Waals surface area contributed by atoms with Crippen molar-refractivity contribution in [3.63, 3.8) is 0 Å². The van der Waals surface area contributed by atoms with Crippen molar-refractivity contribution in [3.8, 4) is 0 Å². The fourth-order valence-electron chi connectivity index (χ4n) is 2.01. The Bertz CT molecular complexity index is 527. The zero-order valence-corrected chi connectivity index (χ0v) is 13.1. The molecule has 0 saturated carbocycles. The van der Waals surface area contributed by atoms with Crippen molar-refractivity contribution in [1.29, 1.82) is 0 Å². The summed E-state index contributed by atoms with van der Waals surface area (Å²) in [4.78, 5) is 0. The zero-order valence-electron chi connectivity index (χ0n) is 10.2. The third kappa shape index (κ3) is 3.70. The first-order chi connectivity index (χ1) is 8.69. The second-order valence-electron chi connectivity index (χ2n) is 4.23. The van der Waals surface area contributed by atoms with Gasteiger partial charge in [-0.05, 0) is 71.5 Å². The fraction of sp³-hybridized carbons (Fsp3) is 0.200. The highest BCUT2D eigenvalue weighted by Gasteiger charge is 2.10. The van der Waals surface area contributed by atoms with E-state index in [9.17, 15) is 0 Å². The van der Waals surface area contributed by atoms with Crippen LogP contribution in [0.4, 0.5) is 0 Å². The molecular weight excluding hydrogens is 357 g/mol. The summed E-state index contributed by atoms with van der Waals surface area (Å²) in [5.74, 6) is 0. The molecule has 2 rings (SSSR count). The molecular formula is C15H15ClIN. The van der Waals surface area contributed by atoms with Gasteiger partial charge in [-0.1, -0.05) is 35.9 Å². The zero-order chi connectivity index (χ0) is 13.0. The number of halogens is 2. The smallest absolute Gasteiger partial charge is 0.0408 e. The maximum Gasteiger partial charge on any atom is 0.0408 e. The van der Waals surface area contributed by atoms with E-state index in [4.69, 9.17) is 11.6 Å². The topological polar surface area (TPSA) is 12.0 Å². The molecule has 0 radical (unpaired) electrons. The van der Waals surface area contributed by atoms with E-state index in [1.54, 1.807) is 0 Å². The van der Waals surface area contributed by atoms with Crippen molar-refractivity contribution < 1.29 is 0 Å². The first-order valence-electron chi connectivity index (χ1n) is 5.86. The molecule has 0 aliphatic heterocycles. The van der Waals surface area contributed by atoms with Crippen molar-refractivity contribution >= 4 is 34.2 Å². The first kappa shape index (κ1) is 13.8. The minimum Gasteiger partial charge on any atom is -0.313 e. The van der Waals surface area contributed by atoms with Crippen LogP contribution < -0.4 is 5.32 Å². The number of likely N-dealkylation sites (N-methyl/N-ethyl adjacent to an activating group) is 1. The second-order valence-corrected chi connectivity index (χ2v) is 5.91. The third-order valence-electron chi connectivity index (χ3n) is 2.93. The SMILES string of the molecule is CNC(Cc1cccc(Cl)c1)c1cccc(I)c1. The summed E-state index contributed by atoms with van der Waals surface area (Å²) < 4.78 is 1.26. The first-order valence-corrected chi connectivity index (χ1v) is 7.32. The molecule has 0 spiro atoms. The van der Waals surface area contributed by atoms with Crippen LogP contribution in [0.5, 0.6) is 0 Å². The summed E-state index contributed by atoms with van der Waals surface area (Å²) in [7, 11) is 2.00. The molecule has 1 unspecified atom stereocenters. The number of hydrogen-bond acceptors (Lipinski definition) is 1. The summed E-state index contributed by atoms with van der Waals surface area (Å²) in [6.07, 6.45) is 0.942. The van der Waals surface area contributed by atoms with Crippen molar-refractivity contribution in [2.75, 3.05) is 7.05 Å². The normalized spacial score (nSPS) is 12.4. The van der Waals surface area contributed by atoms with Crippen LogP contribution in [0.3, 0.4) is 0 Å². The molecule has 0 bridgehead atoms. The Morgan fingerprint density at radius 1 is 1.17 bits per heavy atom. The summed E-state index contributed by atoms with van der Waals surface area (Å²) in [5, 5.41) is 4.16. The van der Waals surface area contributed by atoms with E-state index in [1.165, 1.54) is 14.7 Å². The predicted molar refractivity (Wildman–Crippen MR) is 86.1 cm³/mol. The minimum atomic E-state index is 0.318. The second kappa shape index (κ2) is 6.55. The van der Waals surface area contributed by atoms with Gasteiger partial charge in [0.15, 0.2) is 0 Å². The van der Waals surface area contributed by atoms with Gasteiger partial charge in [0.05, 0.1) is 0 Å². The average molecular weight is 372 g/mol. The molecule has 2 aromatic rings. The van der Waals surface area contributed by atoms with Crippen LogP contribution in [0.1, 0.15) is 17.2 Å². The number of nitrogens with one attached hydrogen (secondary N) is 1. The summed E-state index contributed by atoms with van der Waals surface area (Å²) >= 11 is 8.36. The van der Waals surface area contributed by atoms with Crippen molar-refractivity contribution in [2.24, 2.45) is 0 Å². The Hall–Kier alpha value is -0.580. The van der Waals surface area contributed by atoms with Gasteiger partial charge in [0, 0.05) is 14.6 Å². The van der Waals surface area contributed by atoms with Gasteiger partial charge >= 0.3 is 0 Å². The molecule has 3 heteroatoms. The van der Waals surface area contributed by atoms with Gasteiger partial charge in [0.1, 0.15) is 0 Å². The molecule has 94 valence electrons. The molecule has 1 N–H and O–H groups in total. The lowest BCUT2D eigenvalue weighted by Crippen LogP contribution is -2.18. The van der Waals surface area contributed by atoms with Crippen LogP contribution in [-0.2, 0) is 6.42 Å². The number of hydrogen-bond donors (Lipinski definition) is 1. The van der Waals surface area contributed by atoms with Crippen LogP contribution in [0.2, 0.25) is 5.02 Å². The maximum atomic E-state index is 6.02. The van der Waals surface area contributed by atoms with Crippen LogP contribution >= 0.6 is 34.2 Å². The highest BCUT2D eigenvalue weighted by atomic mass is 127. The third-order valence-corrected chi connectivity index (χ3v) is 3.83. The standard InChI is InChI=1S/C15H15ClIN/c1-18-15(12-5-3-7-14(17)10-12)9-11-4-2-6-13(16)8-11/h2-8,10,15,18H,9H2,1H3. The lowest BCUT2D eigenvalue weighted by molar-refractivity contribution is 0.592. The van der Waals surface area contributed by atoms with Gasteiger partial charge in [0.25, 0.3) is 0 Å². The van der Waals surface area contributed by atoms with Crippen LogP contribution in [0.25, 0.3) is 0 Å². The molecule has 0 heterocycles. The highest BCUT2D eigenvalue weighted by Crippen LogP contribution is 2.21. The quantitative estimate of drug-likeness (QED) is 0.783. The van der Waals surface area contributed by atoms with E-state index in [0.717, 1.165) is 11.4 Å². The van der Waals surface area contributed by atoms with E-state index < -0.39 is 0 Å². The lowest BCUT2D eigenvalue weighted by Gasteiger charge is -2.17. The molecule has 0 aliphatic rings. The Morgan fingerprint density at radius 3 is 2.61 bits per heavy atom. The predicted octanol–water partition coefficient (Wildman–Crippen LogP) is 4.45. The number of benzene rings is 2. The lowest BCUT2D eigenvalue weighted by atomic mass is 9.99. The van der Waals surface area contributed by atoms with Gasteiger partial charge in [-0.3, -0.25) is 0 Å². The van der Waals surface area contributed by atoms with E-state index in [1.807, 2.05) is 25.2 Å². The Morgan fingerprint density at radius 2 is 1.94 bits per heavy atom. The van der Waals surface area contributed by atoms with Crippen molar-refractivity contribution in [2.45, 2.75) is 12.5 Å². The minimum absolute atomic E-state index is 0.318. The van der Waals surface area contributed by atoms with E-state index >= 15 is 0 Å². The van der Waals surface area contributed by atoms with E-state index in [0.29, 0.717) is 6.04 Å². The summed E-state index contributed by atoms with van der Waals surface area (Å²) in [5.41, 5.74) is 2.56. The van der Waals surface area contributed by atoms with Crippen molar-refractivity contribution in [1.82, 2.24) is 5.32 Å². The number of rotatable bonds is 4. The van der Waals surface area contributed by atoms with Gasteiger partial charge < -0.3 is 5.32 Å². The highest BCUT2D eigenvalue weighted by molar-refractivity contribution is 14.1. The largest absolute Gasteiger partial charge is 0.313 e. The molecule has 1 nitrogen and oxygen atoms in total. The average Bonchev–Trinajstić information content (AvgIpc) is 2.36. The molecule has 2 aromatic carbocycles. The molecule has 18 heavy (non-hydrogen) atoms. The molecule has 1 atom stereocenters. The molecule has 0 saturated heterocycles. The van der Waals surface area contributed by atoms with Gasteiger partial charge in [0.2, 0.25) is 0 Å². The van der Waals surface area contributed by atoms with E-state index in [-0.39, 0.29) is 0 Å². The molecule has 0 amide bonds. The van der Waals surface area contributed by atoms with Crippen LogP contribution in [-0.4, -0.2) is 7.05 Å². The maximum absolute atomic E-state index is 6.02. The fourth-order valence-corrected chi connectivity index (χ4v) is 2.79. The molecule has 0 fully saturated rings. The summed E-state index contributed by atoms with van der Waals surface area (Å²) in [6, 6.07) is 16.9. The Kier molecular flexibility index (Phi) is 5.03. The van der Waals surface area contributed by atoms with E-state index in [2.05, 4.69) is 58.2 Å². The monoisotopic (exact) mass is 371 g/mol. The molecule has 0 aliphatic carbocycles. The van der Waals surface area contributed by atoms with Crippen molar-refractivity contribution in [3.05, 3.63) is 68.3 Å². The van der Waals surface area contributed by atoms with Gasteiger partial charge in [-0.2, -0.15) is 0 Å². The van der Waals surface area contributed by atoms with Gasteiger partial charge in [-0.25, -0.2) is 0 Å². The molecule has 0 aromatic heterocycles. The van der Waals surface area contributed by atoms with Crippen LogP contribution in [0, 0.1) is 3.57 Å². The van der Waals surface area contributed by atoms with Gasteiger partial charge in [-0.15, -0.1) is 0 Å². The summed E-state index contributed by atoms with van der Waals surface area (Å²) in [6.45, 7) is 0.